The number of hydrogen-bond donors (Lipinski definition) is 1. The fourth-order valence-electron chi connectivity index (χ4n) is 5.77. The fraction of sp³-hybridized carbons (Fsp3) is 0.406. The quantitative estimate of drug-likeness (QED) is 0.334. The van der Waals surface area contributed by atoms with E-state index >= 15 is 0 Å². The Labute approximate surface area is 255 Å². The van der Waals surface area contributed by atoms with Gasteiger partial charge in [-0.25, -0.2) is 9.59 Å². The number of hydrogen-bond acceptors (Lipinski definition) is 6. The predicted octanol–water partition coefficient (Wildman–Crippen LogP) is 4.91. The van der Waals surface area contributed by atoms with Crippen molar-refractivity contribution in [2.75, 3.05) is 25.1 Å². The molecule has 3 heterocycles. The normalized spacial score (nSPS) is 15.5. The summed E-state index contributed by atoms with van der Waals surface area (Å²) in [5.41, 5.74) is 1.90. The van der Waals surface area contributed by atoms with E-state index in [1.54, 1.807) is 14.2 Å². The number of benzene rings is 2. The third-order valence-electron chi connectivity index (χ3n) is 7.73. The summed E-state index contributed by atoms with van der Waals surface area (Å²) in [7, 11) is 4.78. The molecule has 11 heteroatoms. The van der Waals surface area contributed by atoms with Crippen LogP contribution in [0.1, 0.15) is 39.2 Å². The summed E-state index contributed by atoms with van der Waals surface area (Å²) in [5, 5.41) is 3.61. The number of alkyl carbamates (subject to hydrolysis) is 1. The Morgan fingerprint density at radius 2 is 1.72 bits per heavy atom. The highest BCUT2D eigenvalue weighted by molar-refractivity contribution is 6.31. The van der Waals surface area contributed by atoms with Crippen LogP contribution in [-0.4, -0.2) is 51.6 Å². The number of fused-ring (bicyclic) bond motifs is 1. The van der Waals surface area contributed by atoms with Crippen molar-refractivity contribution in [3.63, 3.8) is 0 Å². The lowest BCUT2D eigenvalue weighted by molar-refractivity contribution is 0.0500. The van der Waals surface area contributed by atoms with E-state index in [0.29, 0.717) is 41.4 Å². The van der Waals surface area contributed by atoms with Gasteiger partial charge in [0.1, 0.15) is 22.7 Å². The van der Waals surface area contributed by atoms with Gasteiger partial charge < -0.3 is 24.3 Å². The summed E-state index contributed by atoms with van der Waals surface area (Å²) in [6.45, 7) is 6.96. The molecule has 10 nitrogen and oxygen atoms in total. The minimum absolute atomic E-state index is 0.189. The van der Waals surface area contributed by atoms with E-state index in [0.717, 1.165) is 39.9 Å². The summed E-state index contributed by atoms with van der Waals surface area (Å²) < 4.78 is 15.6. The molecule has 0 saturated carbocycles. The maximum absolute atomic E-state index is 13.9. The van der Waals surface area contributed by atoms with E-state index in [9.17, 15) is 14.4 Å². The number of ether oxygens (including phenoxy) is 2. The SMILES string of the molecule is COc1ccc(-c2c(N3CCC[C@@H](NC(=O)OC(C)(C)C)C3)n(Cc3ccccc3Cl)c3c(=O)n(C)c(=O)n(C)c23)cc1. The van der Waals surface area contributed by atoms with Crippen LogP contribution in [0, 0.1) is 0 Å². The topological polar surface area (TPSA) is 99.7 Å². The second-order valence-corrected chi connectivity index (χ2v) is 12.3. The summed E-state index contributed by atoms with van der Waals surface area (Å²) >= 11 is 6.64. The van der Waals surface area contributed by atoms with Crippen LogP contribution in [0.2, 0.25) is 5.02 Å². The first-order chi connectivity index (χ1) is 20.4. The number of halogens is 1. The lowest BCUT2D eigenvalue weighted by atomic mass is 10.0. The zero-order valence-electron chi connectivity index (χ0n) is 25.4. The molecule has 4 aromatic rings. The van der Waals surface area contributed by atoms with Gasteiger partial charge in [0.15, 0.2) is 0 Å². The van der Waals surface area contributed by atoms with Gasteiger partial charge in [0.05, 0.1) is 19.2 Å². The van der Waals surface area contributed by atoms with Gasteiger partial charge in [-0.3, -0.25) is 13.9 Å². The molecule has 2 aromatic carbocycles. The molecule has 2 aromatic heterocycles. The van der Waals surface area contributed by atoms with E-state index in [-0.39, 0.29) is 6.04 Å². The third-order valence-corrected chi connectivity index (χ3v) is 8.10. The van der Waals surface area contributed by atoms with Gasteiger partial charge in [0.2, 0.25) is 0 Å². The van der Waals surface area contributed by atoms with E-state index in [1.165, 1.54) is 11.6 Å². The molecule has 0 bridgehead atoms. The lowest BCUT2D eigenvalue weighted by Crippen LogP contribution is -2.49. The Bertz CT molecular complexity index is 1780. The van der Waals surface area contributed by atoms with E-state index in [2.05, 4.69) is 10.2 Å². The number of nitrogens with zero attached hydrogens (tertiary/aromatic N) is 4. The minimum Gasteiger partial charge on any atom is -0.497 e. The Morgan fingerprint density at radius 1 is 1.02 bits per heavy atom. The molecule has 1 aliphatic heterocycles. The van der Waals surface area contributed by atoms with Crippen LogP contribution >= 0.6 is 11.6 Å². The summed E-state index contributed by atoms with van der Waals surface area (Å²) in [6, 6.07) is 14.9. The van der Waals surface area contributed by atoms with Crippen LogP contribution in [0.3, 0.4) is 0 Å². The molecule has 1 aliphatic rings. The van der Waals surface area contributed by atoms with E-state index in [1.807, 2.05) is 73.9 Å². The standard InChI is InChI=1S/C32H38ClN5O5/c1-32(2,3)43-30(40)34-22-11-9-17-37(19-22)28-25(20-13-15-23(42-6)16-14-20)26-27(29(39)36(5)31(41)35(26)4)38(28)18-21-10-7-8-12-24(21)33/h7-8,10,12-16,22H,9,11,17-19H2,1-6H3,(H,34,40)/t22-/m1/s1. The van der Waals surface area contributed by atoms with Crippen LogP contribution in [0.15, 0.2) is 58.1 Å². The first kappa shape index (κ1) is 30.3. The fourth-order valence-corrected chi connectivity index (χ4v) is 5.96. The second kappa shape index (κ2) is 11.8. The maximum Gasteiger partial charge on any atom is 0.407 e. The largest absolute Gasteiger partial charge is 0.497 e. The van der Waals surface area contributed by atoms with E-state index < -0.39 is 22.9 Å². The van der Waals surface area contributed by atoms with Crippen LogP contribution in [0.5, 0.6) is 5.75 Å². The van der Waals surface area contributed by atoms with Crippen LogP contribution in [0.4, 0.5) is 10.6 Å². The monoisotopic (exact) mass is 607 g/mol. The van der Waals surface area contributed by atoms with Gasteiger partial charge in [-0.2, -0.15) is 0 Å². The number of piperidine rings is 1. The van der Waals surface area contributed by atoms with Crippen molar-refractivity contribution in [1.29, 1.82) is 0 Å². The van der Waals surface area contributed by atoms with Gasteiger partial charge in [-0.1, -0.05) is 41.9 Å². The van der Waals surface area contributed by atoms with Crippen LogP contribution in [-0.2, 0) is 25.4 Å². The molecule has 1 saturated heterocycles. The van der Waals surface area contributed by atoms with Crippen molar-refractivity contribution >= 4 is 34.5 Å². The van der Waals surface area contributed by atoms with E-state index in [4.69, 9.17) is 21.1 Å². The molecule has 1 N–H and O–H groups in total. The molecule has 5 rings (SSSR count). The first-order valence-corrected chi connectivity index (χ1v) is 14.7. The number of methoxy groups -OCH3 is 1. The molecular formula is C32H38ClN5O5. The van der Waals surface area contributed by atoms with Crippen molar-refractivity contribution in [2.24, 2.45) is 14.1 Å². The molecule has 228 valence electrons. The third kappa shape index (κ3) is 6.01. The molecule has 0 spiro atoms. The number of aryl methyl sites for hydroxylation is 1. The summed E-state index contributed by atoms with van der Waals surface area (Å²) in [5.74, 6) is 1.46. The van der Waals surface area contributed by atoms with Crippen molar-refractivity contribution in [3.05, 3.63) is 80.0 Å². The van der Waals surface area contributed by atoms with Gasteiger partial charge in [-0.15, -0.1) is 0 Å². The van der Waals surface area contributed by atoms with Crippen LogP contribution < -0.4 is 26.2 Å². The highest BCUT2D eigenvalue weighted by Gasteiger charge is 2.32. The van der Waals surface area contributed by atoms with Crippen molar-refractivity contribution in [2.45, 2.75) is 51.8 Å². The number of rotatable bonds is 6. The second-order valence-electron chi connectivity index (χ2n) is 11.9. The van der Waals surface area contributed by atoms with Crippen molar-refractivity contribution in [1.82, 2.24) is 19.0 Å². The summed E-state index contributed by atoms with van der Waals surface area (Å²) in [4.78, 5) is 42.1. The average Bonchev–Trinajstić information content (AvgIpc) is 3.30. The van der Waals surface area contributed by atoms with Crippen molar-refractivity contribution in [3.8, 4) is 16.9 Å². The molecule has 0 radical (unpaired) electrons. The maximum atomic E-state index is 13.9. The van der Waals surface area contributed by atoms with Gasteiger partial charge in [0.25, 0.3) is 5.56 Å². The smallest absolute Gasteiger partial charge is 0.407 e. The number of anilines is 1. The van der Waals surface area contributed by atoms with Gasteiger partial charge in [-0.05, 0) is 62.9 Å². The van der Waals surface area contributed by atoms with Crippen LogP contribution in [0.25, 0.3) is 22.2 Å². The Morgan fingerprint density at radius 3 is 2.37 bits per heavy atom. The Balaban J connectivity index is 1.76. The molecule has 1 amide bonds. The zero-order chi connectivity index (χ0) is 31.1. The Hall–Kier alpha value is -4.18. The molecular weight excluding hydrogens is 570 g/mol. The Kier molecular flexibility index (Phi) is 8.34. The average molecular weight is 608 g/mol. The highest BCUT2D eigenvalue weighted by Crippen LogP contribution is 2.41. The number of carbonyl (C=O) groups is 1. The number of aromatic nitrogens is 3. The first-order valence-electron chi connectivity index (χ1n) is 14.3. The van der Waals surface area contributed by atoms with Gasteiger partial charge in [0, 0.05) is 43.8 Å². The molecule has 1 atom stereocenters. The molecule has 0 unspecified atom stereocenters. The predicted molar refractivity (Wildman–Crippen MR) is 170 cm³/mol. The molecule has 0 aliphatic carbocycles. The van der Waals surface area contributed by atoms with Gasteiger partial charge >= 0.3 is 11.8 Å². The highest BCUT2D eigenvalue weighted by atomic mass is 35.5. The van der Waals surface area contributed by atoms with Crippen molar-refractivity contribution < 1.29 is 14.3 Å². The minimum atomic E-state index is -0.619. The number of amides is 1. The molecule has 1 fully saturated rings. The zero-order valence-corrected chi connectivity index (χ0v) is 26.2. The number of carbonyl (C=O) groups excluding carboxylic acids is 1. The lowest BCUT2D eigenvalue weighted by Gasteiger charge is -2.36. The summed E-state index contributed by atoms with van der Waals surface area (Å²) in [6.07, 6.45) is 1.11. The number of nitrogens with one attached hydrogen (secondary N) is 1. The molecule has 43 heavy (non-hydrogen) atoms.